The van der Waals surface area contributed by atoms with E-state index in [-0.39, 0.29) is 5.91 Å². The normalized spacial score (nSPS) is 14.2. The van der Waals surface area contributed by atoms with Crippen molar-refractivity contribution in [3.05, 3.63) is 24.0 Å². The van der Waals surface area contributed by atoms with Crippen LogP contribution in [0.4, 0.5) is 5.69 Å². The molecule has 1 amide bonds. The summed E-state index contributed by atoms with van der Waals surface area (Å²) >= 11 is 0. The van der Waals surface area contributed by atoms with E-state index in [2.05, 4.69) is 29.0 Å². The molecule has 0 radical (unpaired) electrons. The molecule has 1 N–H and O–H groups in total. The molecule has 1 aliphatic carbocycles. The van der Waals surface area contributed by atoms with Gasteiger partial charge in [-0.15, -0.1) is 0 Å². The number of rotatable bonds is 7. The monoisotopic (exact) mass is 261 g/mol. The lowest BCUT2D eigenvalue weighted by atomic mass is 10.2. The lowest BCUT2D eigenvalue weighted by Crippen LogP contribution is -2.27. The fourth-order valence-electron chi connectivity index (χ4n) is 2.13. The molecule has 0 atom stereocenters. The minimum absolute atomic E-state index is 0.00444. The van der Waals surface area contributed by atoms with Crippen LogP contribution in [0, 0.1) is 0 Å². The largest absolute Gasteiger partial charge is 0.370 e. The molecule has 0 unspecified atom stereocenters. The number of hydrogen-bond donors (Lipinski definition) is 1. The van der Waals surface area contributed by atoms with Gasteiger partial charge in [-0.25, -0.2) is 0 Å². The van der Waals surface area contributed by atoms with Gasteiger partial charge in [0, 0.05) is 25.3 Å². The van der Waals surface area contributed by atoms with E-state index >= 15 is 0 Å². The van der Waals surface area contributed by atoms with Gasteiger partial charge in [0.25, 0.3) is 5.91 Å². The summed E-state index contributed by atoms with van der Waals surface area (Å²) in [6, 6.07) is 2.34. The van der Waals surface area contributed by atoms with E-state index in [1.807, 2.05) is 12.3 Å². The molecular weight excluding hydrogens is 238 g/mol. The van der Waals surface area contributed by atoms with Crippen LogP contribution < -0.4 is 10.2 Å². The van der Waals surface area contributed by atoms with Crippen molar-refractivity contribution in [2.75, 3.05) is 18.0 Å². The van der Waals surface area contributed by atoms with Gasteiger partial charge in [-0.3, -0.25) is 9.78 Å². The molecule has 1 fully saturated rings. The van der Waals surface area contributed by atoms with Crippen molar-refractivity contribution >= 4 is 11.6 Å². The number of hydrogen-bond acceptors (Lipinski definition) is 3. The van der Waals surface area contributed by atoms with Crippen LogP contribution in [0.1, 0.15) is 49.9 Å². The second kappa shape index (κ2) is 6.55. The molecule has 1 saturated carbocycles. The fourth-order valence-corrected chi connectivity index (χ4v) is 2.13. The number of amides is 1. The van der Waals surface area contributed by atoms with Crippen LogP contribution in [-0.2, 0) is 0 Å². The Balaban J connectivity index is 2.09. The number of nitrogens with one attached hydrogen (secondary N) is 1. The highest BCUT2D eigenvalue weighted by Crippen LogP contribution is 2.20. The number of anilines is 1. The molecule has 4 heteroatoms. The Labute approximate surface area is 115 Å². The van der Waals surface area contributed by atoms with Crippen molar-refractivity contribution in [3.8, 4) is 0 Å². The van der Waals surface area contributed by atoms with Crippen molar-refractivity contribution in [2.45, 2.75) is 45.6 Å². The summed E-state index contributed by atoms with van der Waals surface area (Å²) in [5, 5.41) is 3.00. The van der Waals surface area contributed by atoms with E-state index in [0.29, 0.717) is 11.6 Å². The summed E-state index contributed by atoms with van der Waals surface area (Å²) in [6.07, 6.45) is 7.90. The number of carbonyl (C=O) groups excluding carboxylic acids is 1. The van der Waals surface area contributed by atoms with Crippen LogP contribution >= 0.6 is 0 Å². The molecule has 1 aliphatic rings. The average molecular weight is 261 g/mol. The second-order valence-corrected chi connectivity index (χ2v) is 5.17. The van der Waals surface area contributed by atoms with Crippen molar-refractivity contribution in [2.24, 2.45) is 0 Å². The van der Waals surface area contributed by atoms with Gasteiger partial charge >= 0.3 is 0 Å². The van der Waals surface area contributed by atoms with Gasteiger partial charge in [0.1, 0.15) is 0 Å². The molecule has 104 valence electrons. The second-order valence-electron chi connectivity index (χ2n) is 5.17. The lowest BCUT2D eigenvalue weighted by Gasteiger charge is -2.23. The maximum Gasteiger partial charge on any atom is 0.253 e. The Bertz CT molecular complexity index is 423. The molecular formula is C15H23N3O. The van der Waals surface area contributed by atoms with Crippen LogP contribution in [0.15, 0.2) is 18.5 Å². The Morgan fingerprint density at radius 2 is 2.00 bits per heavy atom. The van der Waals surface area contributed by atoms with Crippen molar-refractivity contribution < 1.29 is 4.79 Å². The Kier molecular flexibility index (Phi) is 4.77. The van der Waals surface area contributed by atoms with Crippen molar-refractivity contribution in [3.63, 3.8) is 0 Å². The average Bonchev–Trinajstić information content (AvgIpc) is 3.22. The first-order chi connectivity index (χ1) is 9.24. The molecule has 4 nitrogen and oxygen atoms in total. The van der Waals surface area contributed by atoms with E-state index < -0.39 is 0 Å². The molecule has 1 aromatic rings. The zero-order chi connectivity index (χ0) is 13.7. The Hall–Kier alpha value is -1.58. The fraction of sp³-hybridized carbons (Fsp3) is 0.600. The topological polar surface area (TPSA) is 45.2 Å². The summed E-state index contributed by atoms with van der Waals surface area (Å²) in [7, 11) is 0. The van der Waals surface area contributed by atoms with Crippen molar-refractivity contribution in [1.82, 2.24) is 10.3 Å². The summed E-state index contributed by atoms with van der Waals surface area (Å²) in [5.41, 5.74) is 1.72. The van der Waals surface area contributed by atoms with Gasteiger partial charge in [-0.05, 0) is 31.7 Å². The van der Waals surface area contributed by atoms with Gasteiger partial charge < -0.3 is 10.2 Å². The SMILES string of the molecule is CCCN(CCC)c1cncc(C(=O)NC2CC2)c1. The highest BCUT2D eigenvalue weighted by atomic mass is 16.1. The smallest absolute Gasteiger partial charge is 0.253 e. The van der Waals surface area contributed by atoms with Crippen LogP contribution in [0.2, 0.25) is 0 Å². The highest BCUT2D eigenvalue weighted by molar-refractivity contribution is 5.95. The third kappa shape index (κ3) is 3.94. The number of carbonyl (C=O) groups is 1. The zero-order valence-corrected chi connectivity index (χ0v) is 11.9. The van der Waals surface area contributed by atoms with Gasteiger partial charge in [0.15, 0.2) is 0 Å². The highest BCUT2D eigenvalue weighted by Gasteiger charge is 2.24. The van der Waals surface area contributed by atoms with E-state index in [1.165, 1.54) is 0 Å². The Morgan fingerprint density at radius 3 is 2.58 bits per heavy atom. The van der Waals surface area contributed by atoms with E-state index in [9.17, 15) is 4.79 Å². The first-order valence-corrected chi connectivity index (χ1v) is 7.25. The van der Waals surface area contributed by atoms with E-state index in [4.69, 9.17) is 0 Å². The summed E-state index contributed by atoms with van der Waals surface area (Å²) in [6.45, 7) is 6.34. The van der Waals surface area contributed by atoms with Crippen LogP contribution in [0.3, 0.4) is 0 Å². The Morgan fingerprint density at radius 1 is 1.32 bits per heavy atom. The van der Waals surface area contributed by atoms with E-state index in [1.54, 1.807) is 6.20 Å². The van der Waals surface area contributed by atoms with Gasteiger partial charge in [0.05, 0.1) is 17.4 Å². The predicted octanol–water partition coefficient (Wildman–Crippen LogP) is 2.60. The van der Waals surface area contributed by atoms with Gasteiger partial charge in [0.2, 0.25) is 0 Å². The lowest BCUT2D eigenvalue weighted by molar-refractivity contribution is 0.0950. The van der Waals surface area contributed by atoms with Crippen LogP contribution in [0.25, 0.3) is 0 Å². The third-order valence-electron chi connectivity index (χ3n) is 3.25. The zero-order valence-electron chi connectivity index (χ0n) is 11.9. The molecule has 1 heterocycles. The molecule has 0 saturated heterocycles. The minimum atomic E-state index is 0.00444. The maximum absolute atomic E-state index is 12.0. The molecule has 0 bridgehead atoms. The van der Waals surface area contributed by atoms with Crippen LogP contribution in [-0.4, -0.2) is 30.0 Å². The van der Waals surface area contributed by atoms with Crippen molar-refractivity contribution in [1.29, 1.82) is 0 Å². The summed E-state index contributed by atoms with van der Waals surface area (Å²) < 4.78 is 0. The third-order valence-corrected chi connectivity index (χ3v) is 3.25. The van der Waals surface area contributed by atoms with Crippen LogP contribution in [0.5, 0.6) is 0 Å². The first-order valence-electron chi connectivity index (χ1n) is 7.25. The predicted molar refractivity (Wildman–Crippen MR) is 77.5 cm³/mol. The number of pyridine rings is 1. The molecule has 1 aromatic heterocycles. The minimum Gasteiger partial charge on any atom is -0.370 e. The standard InChI is InChI=1S/C15H23N3O/c1-3-7-18(8-4-2)14-9-12(10-16-11-14)15(19)17-13-5-6-13/h9-11,13H,3-8H2,1-2H3,(H,17,19). The number of aromatic nitrogens is 1. The maximum atomic E-state index is 12.0. The van der Waals surface area contributed by atoms with E-state index in [0.717, 1.165) is 44.5 Å². The first kappa shape index (κ1) is 13.8. The molecule has 0 spiro atoms. The molecule has 0 aromatic carbocycles. The quantitative estimate of drug-likeness (QED) is 0.820. The molecule has 2 rings (SSSR count). The number of nitrogens with zero attached hydrogens (tertiary/aromatic N) is 2. The summed E-state index contributed by atoms with van der Waals surface area (Å²) in [5.74, 6) is 0.00444. The molecule has 19 heavy (non-hydrogen) atoms. The molecule has 0 aliphatic heterocycles. The summed E-state index contributed by atoms with van der Waals surface area (Å²) in [4.78, 5) is 18.5. The van der Waals surface area contributed by atoms with Gasteiger partial charge in [-0.1, -0.05) is 13.8 Å². The van der Waals surface area contributed by atoms with Gasteiger partial charge in [-0.2, -0.15) is 0 Å².